The number of nitrogens with one attached hydrogen (secondary N) is 2. The average molecular weight is 346 g/mol. The van der Waals surface area contributed by atoms with Crippen LogP contribution in [0.4, 0.5) is 13.2 Å². The van der Waals surface area contributed by atoms with E-state index in [-0.39, 0.29) is 0 Å². The Morgan fingerprint density at radius 2 is 1.71 bits per heavy atom. The van der Waals surface area contributed by atoms with E-state index in [2.05, 4.69) is 5.32 Å². The van der Waals surface area contributed by atoms with E-state index in [0.717, 1.165) is 0 Å². The van der Waals surface area contributed by atoms with E-state index in [1.165, 1.54) is 6.92 Å². The molecule has 0 spiro atoms. The normalized spacial score (nSPS) is 13.7. The SMILES string of the molecule is CC(C(=O)O)C(NC(=O)CC(=O)NCC(F)(F)F)c1ccccc1. The zero-order valence-electron chi connectivity index (χ0n) is 12.8. The lowest BCUT2D eigenvalue weighted by molar-refractivity contribution is -0.143. The van der Waals surface area contributed by atoms with Crippen molar-refractivity contribution in [1.82, 2.24) is 10.6 Å². The molecule has 0 aliphatic carbocycles. The van der Waals surface area contributed by atoms with Gasteiger partial charge in [0.2, 0.25) is 11.8 Å². The van der Waals surface area contributed by atoms with Gasteiger partial charge in [-0.05, 0) is 12.5 Å². The average Bonchev–Trinajstić information content (AvgIpc) is 2.50. The Labute approximate surface area is 136 Å². The van der Waals surface area contributed by atoms with Crippen LogP contribution in [-0.4, -0.2) is 35.6 Å². The minimum atomic E-state index is -4.57. The fraction of sp³-hybridized carbons (Fsp3) is 0.400. The van der Waals surface area contributed by atoms with Crippen LogP contribution in [0.15, 0.2) is 30.3 Å². The van der Waals surface area contributed by atoms with Gasteiger partial charge in [0.15, 0.2) is 0 Å². The van der Waals surface area contributed by atoms with Crippen molar-refractivity contribution in [1.29, 1.82) is 0 Å². The summed E-state index contributed by atoms with van der Waals surface area (Å²) in [6.45, 7) is -0.156. The quantitative estimate of drug-likeness (QED) is 0.654. The van der Waals surface area contributed by atoms with Crippen LogP contribution in [-0.2, 0) is 14.4 Å². The van der Waals surface area contributed by atoms with Gasteiger partial charge >= 0.3 is 12.1 Å². The third-order valence-corrected chi connectivity index (χ3v) is 3.17. The van der Waals surface area contributed by atoms with Crippen molar-refractivity contribution in [2.24, 2.45) is 5.92 Å². The molecule has 6 nitrogen and oxygen atoms in total. The van der Waals surface area contributed by atoms with Gasteiger partial charge in [0, 0.05) is 0 Å². The van der Waals surface area contributed by atoms with Gasteiger partial charge in [0.25, 0.3) is 0 Å². The second-order valence-electron chi connectivity index (χ2n) is 5.15. The predicted molar refractivity (Wildman–Crippen MR) is 77.8 cm³/mol. The number of benzene rings is 1. The lowest BCUT2D eigenvalue weighted by Crippen LogP contribution is -2.40. The van der Waals surface area contributed by atoms with Crippen LogP contribution in [0.2, 0.25) is 0 Å². The highest BCUT2D eigenvalue weighted by Gasteiger charge is 2.29. The molecule has 1 aromatic rings. The Balaban J connectivity index is 2.71. The van der Waals surface area contributed by atoms with Gasteiger partial charge in [-0.3, -0.25) is 14.4 Å². The summed E-state index contributed by atoms with van der Waals surface area (Å²) >= 11 is 0. The molecule has 0 aliphatic heterocycles. The maximum atomic E-state index is 12.0. The van der Waals surface area contributed by atoms with E-state index in [1.807, 2.05) is 0 Å². The zero-order chi connectivity index (χ0) is 18.3. The fourth-order valence-corrected chi connectivity index (χ4v) is 1.93. The van der Waals surface area contributed by atoms with Crippen LogP contribution in [0.5, 0.6) is 0 Å². The summed E-state index contributed by atoms with van der Waals surface area (Å²) in [6, 6.07) is 7.31. The van der Waals surface area contributed by atoms with Crippen LogP contribution >= 0.6 is 0 Å². The van der Waals surface area contributed by atoms with Crippen LogP contribution in [0, 0.1) is 5.92 Å². The molecule has 0 aromatic heterocycles. The number of carbonyl (C=O) groups is 3. The van der Waals surface area contributed by atoms with Crippen LogP contribution in [0.3, 0.4) is 0 Å². The van der Waals surface area contributed by atoms with Crippen LogP contribution in [0.25, 0.3) is 0 Å². The fourth-order valence-electron chi connectivity index (χ4n) is 1.93. The summed E-state index contributed by atoms with van der Waals surface area (Å²) in [5, 5.41) is 13.1. The molecular formula is C15H17F3N2O4. The van der Waals surface area contributed by atoms with Crippen molar-refractivity contribution in [3.63, 3.8) is 0 Å². The van der Waals surface area contributed by atoms with Crippen molar-refractivity contribution in [2.75, 3.05) is 6.54 Å². The highest BCUT2D eigenvalue weighted by molar-refractivity contribution is 5.97. The monoisotopic (exact) mass is 346 g/mol. The first-order chi connectivity index (χ1) is 11.1. The summed E-state index contributed by atoms with van der Waals surface area (Å²) in [4.78, 5) is 34.4. The predicted octanol–water partition coefficient (Wildman–Crippen LogP) is 1.63. The number of aliphatic carboxylic acids is 1. The Kier molecular flexibility index (Phi) is 6.75. The van der Waals surface area contributed by atoms with Crippen molar-refractivity contribution in [3.05, 3.63) is 35.9 Å². The number of carboxylic acids is 1. The number of hydrogen-bond acceptors (Lipinski definition) is 3. The number of carbonyl (C=O) groups excluding carboxylic acids is 2. The molecule has 24 heavy (non-hydrogen) atoms. The number of hydrogen-bond donors (Lipinski definition) is 3. The number of halogens is 3. The number of amides is 2. The Bertz CT molecular complexity index is 590. The molecule has 0 fully saturated rings. The molecule has 132 valence electrons. The third-order valence-electron chi connectivity index (χ3n) is 3.17. The lowest BCUT2D eigenvalue weighted by atomic mass is 9.94. The van der Waals surface area contributed by atoms with E-state index in [1.54, 1.807) is 35.6 Å². The summed E-state index contributed by atoms with van der Waals surface area (Å²) < 4.78 is 36.0. The smallest absolute Gasteiger partial charge is 0.405 e. The maximum absolute atomic E-state index is 12.0. The van der Waals surface area contributed by atoms with Crippen molar-refractivity contribution < 1.29 is 32.7 Å². The molecule has 0 radical (unpaired) electrons. The Hall–Kier alpha value is -2.58. The maximum Gasteiger partial charge on any atom is 0.405 e. The Morgan fingerprint density at radius 1 is 1.12 bits per heavy atom. The third kappa shape index (κ3) is 6.67. The first kappa shape index (κ1) is 19.5. The van der Waals surface area contributed by atoms with E-state index in [9.17, 15) is 27.6 Å². The molecule has 0 aliphatic rings. The topological polar surface area (TPSA) is 95.5 Å². The van der Waals surface area contributed by atoms with Crippen LogP contribution in [0.1, 0.15) is 24.9 Å². The van der Waals surface area contributed by atoms with Gasteiger partial charge in [-0.1, -0.05) is 30.3 Å². The van der Waals surface area contributed by atoms with Gasteiger partial charge in [-0.15, -0.1) is 0 Å². The zero-order valence-corrected chi connectivity index (χ0v) is 12.8. The molecule has 3 N–H and O–H groups in total. The molecule has 0 saturated carbocycles. The molecule has 1 aromatic carbocycles. The van der Waals surface area contributed by atoms with Gasteiger partial charge in [-0.2, -0.15) is 13.2 Å². The first-order valence-corrected chi connectivity index (χ1v) is 7.00. The highest BCUT2D eigenvalue weighted by atomic mass is 19.4. The molecule has 0 bridgehead atoms. The molecular weight excluding hydrogens is 329 g/mol. The summed E-state index contributed by atoms with van der Waals surface area (Å²) in [5.74, 6) is -4.11. The van der Waals surface area contributed by atoms with Gasteiger partial charge < -0.3 is 15.7 Å². The molecule has 9 heteroatoms. The van der Waals surface area contributed by atoms with Crippen molar-refractivity contribution in [3.8, 4) is 0 Å². The van der Waals surface area contributed by atoms with E-state index in [0.29, 0.717) is 5.56 Å². The second-order valence-corrected chi connectivity index (χ2v) is 5.15. The first-order valence-electron chi connectivity index (χ1n) is 7.00. The van der Waals surface area contributed by atoms with Gasteiger partial charge in [0.05, 0.1) is 12.0 Å². The summed E-state index contributed by atoms with van der Waals surface area (Å²) in [5.41, 5.74) is 0.511. The van der Waals surface area contributed by atoms with E-state index in [4.69, 9.17) is 5.11 Å². The molecule has 2 unspecified atom stereocenters. The minimum absolute atomic E-state index is 0.511. The molecule has 1 rings (SSSR count). The molecule has 0 saturated heterocycles. The highest BCUT2D eigenvalue weighted by Crippen LogP contribution is 2.22. The summed E-state index contributed by atoms with van der Waals surface area (Å²) in [7, 11) is 0. The minimum Gasteiger partial charge on any atom is -0.481 e. The standard InChI is InChI=1S/C15H17F3N2O4/c1-9(14(23)24)13(10-5-3-2-4-6-10)20-12(22)7-11(21)19-8-15(16,17)18/h2-6,9,13H,7-8H2,1H3,(H,19,21)(H,20,22)(H,23,24). The van der Waals surface area contributed by atoms with Gasteiger partial charge in [-0.25, -0.2) is 0 Å². The van der Waals surface area contributed by atoms with Crippen molar-refractivity contribution >= 4 is 17.8 Å². The lowest BCUT2D eigenvalue weighted by Gasteiger charge is -2.23. The Morgan fingerprint density at radius 3 is 2.21 bits per heavy atom. The number of alkyl halides is 3. The molecule has 2 atom stereocenters. The van der Waals surface area contributed by atoms with Crippen molar-refractivity contribution in [2.45, 2.75) is 25.6 Å². The number of carboxylic acid groups (broad SMARTS) is 1. The van der Waals surface area contributed by atoms with E-state index < -0.39 is 48.9 Å². The van der Waals surface area contributed by atoms with E-state index >= 15 is 0 Å². The largest absolute Gasteiger partial charge is 0.481 e. The summed E-state index contributed by atoms with van der Waals surface area (Å²) in [6.07, 6.45) is -5.40. The number of rotatable bonds is 7. The van der Waals surface area contributed by atoms with Gasteiger partial charge in [0.1, 0.15) is 13.0 Å². The second kappa shape index (κ2) is 8.32. The molecule has 0 heterocycles. The van der Waals surface area contributed by atoms with Crippen LogP contribution < -0.4 is 10.6 Å². The molecule has 2 amide bonds.